The molecule has 1 rings (SSSR count). The lowest BCUT2D eigenvalue weighted by Gasteiger charge is -2.06. The third-order valence-corrected chi connectivity index (χ3v) is 2.59. The van der Waals surface area contributed by atoms with Crippen molar-refractivity contribution in [1.82, 2.24) is 20.1 Å². The van der Waals surface area contributed by atoms with E-state index in [2.05, 4.69) is 29.4 Å². The van der Waals surface area contributed by atoms with Crippen LogP contribution in [0.5, 0.6) is 0 Å². The molecule has 13 heavy (non-hydrogen) atoms. The van der Waals surface area contributed by atoms with Crippen molar-refractivity contribution in [2.24, 2.45) is 7.05 Å². The lowest BCUT2D eigenvalue weighted by molar-refractivity contribution is 0.615. The van der Waals surface area contributed by atoms with Crippen molar-refractivity contribution >= 4 is 11.8 Å². The van der Waals surface area contributed by atoms with Crippen molar-refractivity contribution in [1.29, 1.82) is 0 Å². The fraction of sp³-hybridized carbons (Fsp3) is 0.750. The zero-order valence-electron chi connectivity index (χ0n) is 8.32. The van der Waals surface area contributed by atoms with E-state index in [4.69, 9.17) is 0 Å². The summed E-state index contributed by atoms with van der Waals surface area (Å²) >= 11 is 1.72. The predicted molar refractivity (Wildman–Crippen MR) is 54.9 cm³/mol. The highest BCUT2D eigenvalue weighted by Gasteiger charge is 2.00. The summed E-state index contributed by atoms with van der Waals surface area (Å²) in [6.45, 7) is 5.30. The maximum Gasteiger partial charge on any atom is 0.190 e. The van der Waals surface area contributed by atoms with Crippen LogP contribution in [0, 0.1) is 0 Å². The number of thioether (sulfide) groups is 1. The molecule has 0 aliphatic rings. The van der Waals surface area contributed by atoms with Gasteiger partial charge < -0.3 is 9.88 Å². The minimum Gasteiger partial charge on any atom is -0.314 e. The Morgan fingerprint density at radius 1 is 1.62 bits per heavy atom. The SMILES string of the molecule is CC(C)NCCSc1nncn1C. The largest absolute Gasteiger partial charge is 0.314 e. The first-order valence-corrected chi connectivity index (χ1v) is 5.39. The maximum atomic E-state index is 3.98. The molecule has 0 aromatic carbocycles. The van der Waals surface area contributed by atoms with Crippen LogP contribution in [0.3, 0.4) is 0 Å². The van der Waals surface area contributed by atoms with Crippen LogP contribution in [-0.2, 0) is 7.05 Å². The van der Waals surface area contributed by atoms with E-state index in [0.717, 1.165) is 17.5 Å². The zero-order valence-corrected chi connectivity index (χ0v) is 9.14. The molecular weight excluding hydrogens is 184 g/mol. The Bertz CT molecular complexity index is 246. The van der Waals surface area contributed by atoms with Crippen molar-refractivity contribution in [3.63, 3.8) is 0 Å². The predicted octanol–water partition coefficient (Wildman–Crippen LogP) is 0.905. The van der Waals surface area contributed by atoms with E-state index >= 15 is 0 Å². The van der Waals surface area contributed by atoms with Crippen LogP contribution in [0.15, 0.2) is 11.5 Å². The monoisotopic (exact) mass is 200 g/mol. The van der Waals surface area contributed by atoms with Crippen molar-refractivity contribution in [2.75, 3.05) is 12.3 Å². The fourth-order valence-corrected chi connectivity index (χ4v) is 1.65. The molecule has 0 aliphatic heterocycles. The molecule has 0 radical (unpaired) electrons. The minimum absolute atomic E-state index is 0.556. The number of aromatic nitrogens is 3. The standard InChI is InChI=1S/C8H16N4S/c1-7(2)9-4-5-13-8-11-10-6-12(8)3/h6-7,9H,4-5H2,1-3H3. The van der Waals surface area contributed by atoms with Gasteiger partial charge in [0, 0.05) is 25.4 Å². The van der Waals surface area contributed by atoms with Crippen LogP contribution >= 0.6 is 11.8 Å². The van der Waals surface area contributed by atoms with Gasteiger partial charge in [0.25, 0.3) is 0 Å². The average Bonchev–Trinajstić information content (AvgIpc) is 2.45. The van der Waals surface area contributed by atoms with Crippen LogP contribution in [0.1, 0.15) is 13.8 Å². The van der Waals surface area contributed by atoms with Crippen LogP contribution < -0.4 is 5.32 Å². The van der Waals surface area contributed by atoms with Gasteiger partial charge in [-0.2, -0.15) is 0 Å². The molecule has 1 N–H and O–H groups in total. The van der Waals surface area contributed by atoms with Gasteiger partial charge in [-0.3, -0.25) is 0 Å². The van der Waals surface area contributed by atoms with E-state index in [1.807, 2.05) is 11.6 Å². The van der Waals surface area contributed by atoms with Crippen molar-refractivity contribution in [3.05, 3.63) is 6.33 Å². The van der Waals surface area contributed by atoms with Gasteiger partial charge in [-0.25, -0.2) is 0 Å². The molecule has 1 aromatic heterocycles. The maximum absolute atomic E-state index is 3.98. The summed E-state index contributed by atoms with van der Waals surface area (Å²) in [7, 11) is 1.96. The summed E-state index contributed by atoms with van der Waals surface area (Å²) in [4.78, 5) is 0. The second-order valence-electron chi connectivity index (χ2n) is 3.18. The van der Waals surface area contributed by atoms with E-state index < -0.39 is 0 Å². The smallest absolute Gasteiger partial charge is 0.190 e. The number of hydrogen-bond acceptors (Lipinski definition) is 4. The molecule has 0 spiro atoms. The van der Waals surface area contributed by atoms with Gasteiger partial charge in [0.2, 0.25) is 0 Å². The Morgan fingerprint density at radius 3 is 2.92 bits per heavy atom. The lowest BCUT2D eigenvalue weighted by Crippen LogP contribution is -2.25. The Morgan fingerprint density at radius 2 is 2.38 bits per heavy atom. The van der Waals surface area contributed by atoms with Gasteiger partial charge in [0.05, 0.1) is 0 Å². The second-order valence-corrected chi connectivity index (χ2v) is 4.24. The minimum atomic E-state index is 0.556. The van der Waals surface area contributed by atoms with E-state index in [1.165, 1.54) is 0 Å². The highest BCUT2D eigenvalue weighted by Crippen LogP contribution is 2.11. The Kier molecular flexibility index (Phi) is 4.24. The Labute approximate surface area is 83.1 Å². The van der Waals surface area contributed by atoms with Crippen LogP contribution in [0.25, 0.3) is 0 Å². The summed E-state index contributed by atoms with van der Waals surface area (Å²) in [5.41, 5.74) is 0. The first-order valence-electron chi connectivity index (χ1n) is 4.40. The number of aryl methyl sites for hydroxylation is 1. The van der Waals surface area contributed by atoms with Gasteiger partial charge >= 0.3 is 0 Å². The third-order valence-electron chi connectivity index (χ3n) is 1.56. The van der Waals surface area contributed by atoms with Crippen LogP contribution in [0.2, 0.25) is 0 Å². The van der Waals surface area contributed by atoms with Crippen LogP contribution in [-0.4, -0.2) is 33.1 Å². The summed E-state index contributed by atoms with van der Waals surface area (Å²) in [5, 5.41) is 12.1. The molecule has 5 heteroatoms. The number of nitrogens with one attached hydrogen (secondary N) is 1. The molecule has 0 saturated carbocycles. The molecule has 1 heterocycles. The van der Waals surface area contributed by atoms with E-state index in [1.54, 1.807) is 18.1 Å². The van der Waals surface area contributed by atoms with Gasteiger partial charge in [-0.1, -0.05) is 25.6 Å². The van der Waals surface area contributed by atoms with Gasteiger partial charge in [-0.05, 0) is 0 Å². The fourth-order valence-electron chi connectivity index (χ4n) is 0.893. The Balaban J connectivity index is 2.17. The topological polar surface area (TPSA) is 42.7 Å². The van der Waals surface area contributed by atoms with E-state index in [9.17, 15) is 0 Å². The number of rotatable bonds is 5. The molecule has 4 nitrogen and oxygen atoms in total. The van der Waals surface area contributed by atoms with Crippen LogP contribution in [0.4, 0.5) is 0 Å². The molecule has 0 bridgehead atoms. The molecule has 0 unspecified atom stereocenters. The second kappa shape index (κ2) is 5.24. The van der Waals surface area contributed by atoms with E-state index in [-0.39, 0.29) is 0 Å². The summed E-state index contributed by atoms with van der Waals surface area (Å²) in [5.74, 6) is 1.03. The third kappa shape index (κ3) is 3.78. The summed E-state index contributed by atoms with van der Waals surface area (Å²) in [6.07, 6.45) is 1.72. The molecule has 0 fully saturated rings. The zero-order chi connectivity index (χ0) is 9.68. The van der Waals surface area contributed by atoms with Gasteiger partial charge in [0.15, 0.2) is 5.16 Å². The molecule has 0 amide bonds. The van der Waals surface area contributed by atoms with Crippen molar-refractivity contribution in [3.8, 4) is 0 Å². The Hall–Kier alpha value is -0.550. The summed E-state index contributed by atoms with van der Waals surface area (Å²) < 4.78 is 1.93. The number of hydrogen-bond donors (Lipinski definition) is 1. The quantitative estimate of drug-likeness (QED) is 0.566. The molecule has 0 saturated heterocycles. The molecule has 74 valence electrons. The van der Waals surface area contributed by atoms with Gasteiger partial charge in [-0.15, -0.1) is 10.2 Å². The normalized spacial score (nSPS) is 11.1. The lowest BCUT2D eigenvalue weighted by atomic mass is 10.4. The highest BCUT2D eigenvalue weighted by molar-refractivity contribution is 7.99. The van der Waals surface area contributed by atoms with Crippen molar-refractivity contribution < 1.29 is 0 Å². The number of nitrogens with zero attached hydrogens (tertiary/aromatic N) is 3. The average molecular weight is 200 g/mol. The van der Waals surface area contributed by atoms with Crippen molar-refractivity contribution in [2.45, 2.75) is 25.0 Å². The summed E-state index contributed by atoms with van der Waals surface area (Å²) in [6, 6.07) is 0.556. The molecular formula is C8H16N4S. The first-order chi connectivity index (χ1) is 6.20. The first kappa shape index (κ1) is 10.5. The molecule has 0 aliphatic carbocycles. The molecule has 0 atom stereocenters. The van der Waals surface area contributed by atoms with E-state index in [0.29, 0.717) is 6.04 Å². The van der Waals surface area contributed by atoms with Gasteiger partial charge in [0.1, 0.15) is 6.33 Å². The molecule has 1 aromatic rings. The highest BCUT2D eigenvalue weighted by atomic mass is 32.2.